The number of carboxylic acid groups (broad SMARTS) is 1. The van der Waals surface area contributed by atoms with E-state index in [0.29, 0.717) is 24.5 Å². The van der Waals surface area contributed by atoms with E-state index in [9.17, 15) is 9.59 Å². The van der Waals surface area contributed by atoms with E-state index in [4.69, 9.17) is 5.11 Å². The molecule has 2 N–H and O–H groups in total. The summed E-state index contributed by atoms with van der Waals surface area (Å²) in [4.78, 5) is 22.5. The van der Waals surface area contributed by atoms with Crippen LogP contribution < -0.4 is 5.32 Å². The van der Waals surface area contributed by atoms with Crippen LogP contribution in [0.1, 0.15) is 29.6 Å². The van der Waals surface area contributed by atoms with E-state index < -0.39 is 5.97 Å². The highest BCUT2D eigenvalue weighted by Gasteiger charge is 2.23. The number of rotatable bonds is 5. The molecule has 1 aliphatic carbocycles. The number of nitrogens with one attached hydrogen (secondary N) is 1. The topological polar surface area (TPSA) is 97.1 Å². The largest absolute Gasteiger partial charge is 0.478 e. The Bertz CT molecular complexity index is 675. The van der Waals surface area contributed by atoms with Crippen LogP contribution in [0.5, 0.6) is 0 Å². The Labute approximate surface area is 114 Å². The average molecular weight is 274 g/mol. The summed E-state index contributed by atoms with van der Waals surface area (Å²) >= 11 is 0. The van der Waals surface area contributed by atoms with Crippen LogP contribution in [0.3, 0.4) is 0 Å². The Morgan fingerprint density at radius 1 is 1.40 bits per heavy atom. The summed E-state index contributed by atoms with van der Waals surface area (Å²) in [6.45, 7) is 0.432. The highest BCUT2D eigenvalue weighted by molar-refractivity contribution is 5.92. The second-order valence-corrected chi connectivity index (χ2v) is 4.91. The highest BCUT2D eigenvalue weighted by Crippen LogP contribution is 2.19. The Morgan fingerprint density at radius 2 is 2.20 bits per heavy atom. The molecule has 0 bridgehead atoms. The molecule has 1 saturated carbocycles. The maximum Gasteiger partial charge on any atom is 0.335 e. The minimum atomic E-state index is -0.995. The first-order chi connectivity index (χ1) is 9.63. The minimum absolute atomic E-state index is 0.0123. The molecular weight excluding hydrogens is 260 g/mol. The number of carbonyl (C=O) groups excluding carboxylic acids is 1. The van der Waals surface area contributed by atoms with Crippen LogP contribution in [0, 0.1) is 0 Å². The Balaban J connectivity index is 1.71. The minimum Gasteiger partial charge on any atom is -0.478 e. The van der Waals surface area contributed by atoms with Crippen LogP contribution in [0.25, 0.3) is 11.0 Å². The molecule has 0 saturated heterocycles. The van der Waals surface area contributed by atoms with Gasteiger partial charge in [-0.2, -0.15) is 0 Å². The molecule has 1 aliphatic rings. The number of hydrogen-bond donors (Lipinski definition) is 2. The number of aromatic nitrogens is 3. The zero-order valence-corrected chi connectivity index (χ0v) is 10.7. The molecule has 1 amide bonds. The van der Waals surface area contributed by atoms with Crippen molar-refractivity contribution in [1.82, 2.24) is 20.3 Å². The first-order valence-corrected chi connectivity index (χ1v) is 6.49. The highest BCUT2D eigenvalue weighted by atomic mass is 16.4. The number of nitrogens with zero attached hydrogens (tertiary/aromatic N) is 3. The average Bonchev–Trinajstić information content (AvgIpc) is 3.14. The van der Waals surface area contributed by atoms with E-state index in [1.165, 1.54) is 12.1 Å². The number of aromatic carboxylic acids is 1. The van der Waals surface area contributed by atoms with Crippen molar-refractivity contribution in [1.29, 1.82) is 0 Å². The number of hydrogen-bond acceptors (Lipinski definition) is 4. The molecular formula is C13H14N4O3. The monoisotopic (exact) mass is 274 g/mol. The standard InChI is InChI=1S/C13H14N4O3/c18-12(14-9-2-3-9)5-6-17-11-4-1-8(13(19)20)7-10(11)15-16-17/h1,4,7,9H,2-3,5-6H2,(H,14,18)(H,19,20). The van der Waals surface area contributed by atoms with Gasteiger partial charge in [0.1, 0.15) is 5.52 Å². The molecule has 0 aliphatic heterocycles. The quantitative estimate of drug-likeness (QED) is 0.840. The summed E-state index contributed by atoms with van der Waals surface area (Å²) in [5.74, 6) is -0.983. The SMILES string of the molecule is O=C(CCn1nnc2cc(C(=O)O)ccc21)NC1CC1. The van der Waals surface area contributed by atoms with Crippen molar-refractivity contribution in [2.75, 3.05) is 0 Å². The summed E-state index contributed by atoms with van der Waals surface area (Å²) in [5.41, 5.74) is 1.43. The van der Waals surface area contributed by atoms with Crippen molar-refractivity contribution in [2.24, 2.45) is 0 Å². The van der Waals surface area contributed by atoms with E-state index >= 15 is 0 Å². The number of benzene rings is 1. The maximum absolute atomic E-state index is 11.6. The normalized spacial score (nSPS) is 14.4. The van der Waals surface area contributed by atoms with Crippen molar-refractivity contribution in [3.63, 3.8) is 0 Å². The molecule has 1 aromatic heterocycles. The third-order valence-electron chi connectivity index (χ3n) is 3.25. The summed E-state index contributed by atoms with van der Waals surface area (Å²) in [6, 6.07) is 5.01. The van der Waals surface area contributed by atoms with Crippen LogP contribution >= 0.6 is 0 Å². The van der Waals surface area contributed by atoms with Crippen molar-refractivity contribution < 1.29 is 14.7 Å². The fraction of sp³-hybridized carbons (Fsp3) is 0.385. The number of fused-ring (bicyclic) bond motifs is 1. The van der Waals surface area contributed by atoms with Gasteiger partial charge in [0, 0.05) is 12.5 Å². The van der Waals surface area contributed by atoms with E-state index in [1.54, 1.807) is 10.7 Å². The van der Waals surface area contributed by atoms with Crippen molar-refractivity contribution in [3.8, 4) is 0 Å². The van der Waals surface area contributed by atoms with Crippen LogP contribution in [0.4, 0.5) is 0 Å². The van der Waals surface area contributed by atoms with Gasteiger partial charge >= 0.3 is 5.97 Å². The van der Waals surface area contributed by atoms with Crippen molar-refractivity contribution in [3.05, 3.63) is 23.8 Å². The van der Waals surface area contributed by atoms with Crippen LogP contribution in [-0.2, 0) is 11.3 Å². The molecule has 1 heterocycles. The predicted octanol–water partition coefficient (Wildman–Crippen LogP) is 0.798. The molecule has 0 spiro atoms. The van der Waals surface area contributed by atoms with Gasteiger partial charge < -0.3 is 10.4 Å². The molecule has 0 radical (unpaired) electrons. The van der Waals surface area contributed by atoms with Gasteiger partial charge in [0.2, 0.25) is 5.91 Å². The zero-order chi connectivity index (χ0) is 14.1. The first kappa shape index (κ1) is 12.6. The van der Waals surface area contributed by atoms with E-state index in [1.807, 2.05) is 0 Å². The second-order valence-electron chi connectivity index (χ2n) is 4.91. The fourth-order valence-electron chi connectivity index (χ4n) is 2.01. The molecule has 1 aromatic carbocycles. The summed E-state index contributed by atoms with van der Waals surface area (Å²) in [5, 5.41) is 19.7. The lowest BCUT2D eigenvalue weighted by atomic mass is 10.2. The summed E-state index contributed by atoms with van der Waals surface area (Å²) in [7, 11) is 0. The van der Waals surface area contributed by atoms with Gasteiger partial charge in [0.25, 0.3) is 0 Å². The molecule has 7 heteroatoms. The number of aryl methyl sites for hydroxylation is 1. The molecule has 0 unspecified atom stereocenters. The number of amides is 1. The lowest BCUT2D eigenvalue weighted by molar-refractivity contribution is -0.121. The second kappa shape index (κ2) is 4.92. The molecule has 104 valence electrons. The van der Waals surface area contributed by atoms with E-state index in [-0.39, 0.29) is 11.5 Å². The van der Waals surface area contributed by atoms with Gasteiger partial charge in [-0.05, 0) is 31.0 Å². The van der Waals surface area contributed by atoms with Gasteiger partial charge in [0.05, 0.1) is 17.6 Å². The number of carbonyl (C=O) groups is 2. The smallest absolute Gasteiger partial charge is 0.335 e. The molecule has 1 fully saturated rings. The predicted molar refractivity (Wildman–Crippen MR) is 70.3 cm³/mol. The third kappa shape index (κ3) is 2.61. The van der Waals surface area contributed by atoms with Gasteiger partial charge in [-0.1, -0.05) is 5.21 Å². The Hall–Kier alpha value is -2.44. The molecule has 3 rings (SSSR count). The lowest BCUT2D eigenvalue weighted by Gasteiger charge is -2.04. The van der Waals surface area contributed by atoms with Crippen LogP contribution in [0.15, 0.2) is 18.2 Å². The van der Waals surface area contributed by atoms with Crippen molar-refractivity contribution >= 4 is 22.9 Å². The lowest BCUT2D eigenvalue weighted by Crippen LogP contribution is -2.26. The van der Waals surface area contributed by atoms with Crippen LogP contribution in [-0.4, -0.2) is 38.0 Å². The van der Waals surface area contributed by atoms with Gasteiger partial charge in [-0.15, -0.1) is 5.10 Å². The molecule has 0 atom stereocenters. The number of carboxylic acids is 1. The zero-order valence-electron chi connectivity index (χ0n) is 10.7. The van der Waals surface area contributed by atoms with Crippen LogP contribution in [0.2, 0.25) is 0 Å². The van der Waals surface area contributed by atoms with Gasteiger partial charge in [0.15, 0.2) is 0 Å². The third-order valence-corrected chi connectivity index (χ3v) is 3.25. The van der Waals surface area contributed by atoms with Crippen molar-refractivity contribution in [2.45, 2.75) is 31.8 Å². The molecule has 2 aromatic rings. The van der Waals surface area contributed by atoms with Gasteiger partial charge in [-0.25, -0.2) is 9.48 Å². The first-order valence-electron chi connectivity index (χ1n) is 6.49. The van der Waals surface area contributed by atoms with E-state index in [2.05, 4.69) is 15.6 Å². The molecule has 20 heavy (non-hydrogen) atoms. The molecule has 7 nitrogen and oxygen atoms in total. The summed E-state index contributed by atoms with van der Waals surface area (Å²) in [6.07, 6.45) is 2.47. The Kier molecular flexibility index (Phi) is 3.09. The Morgan fingerprint density at radius 3 is 2.90 bits per heavy atom. The maximum atomic E-state index is 11.6. The van der Waals surface area contributed by atoms with E-state index in [0.717, 1.165) is 18.4 Å². The fourth-order valence-corrected chi connectivity index (χ4v) is 2.01. The van der Waals surface area contributed by atoms with Gasteiger partial charge in [-0.3, -0.25) is 4.79 Å². The summed E-state index contributed by atoms with van der Waals surface area (Å²) < 4.78 is 1.62.